The lowest BCUT2D eigenvalue weighted by Crippen LogP contribution is -2.29. The normalized spacial score (nSPS) is 12.1. The van der Waals surface area contributed by atoms with Crippen molar-refractivity contribution in [2.45, 2.75) is 26.7 Å². The van der Waals surface area contributed by atoms with Crippen molar-refractivity contribution in [3.63, 3.8) is 0 Å². The zero-order valence-electron chi connectivity index (χ0n) is 17.7. The molecule has 2 heterocycles. The van der Waals surface area contributed by atoms with Crippen LogP contribution in [0.5, 0.6) is 0 Å². The number of carbonyl (C=O) groups excluding carboxylic acids is 2. The summed E-state index contributed by atoms with van der Waals surface area (Å²) in [5, 5.41) is 4.78. The number of halogens is 1. The first-order chi connectivity index (χ1) is 14.9. The Bertz CT molecular complexity index is 1290. The summed E-state index contributed by atoms with van der Waals surface area (Å²) in [6.07, 6.45) is 1.97. The number of benzene rings is 2. The number of aryl methyl sites for hydroxylation is 1. The summed E-state index contributed by atoms with van der Waals surface area (Å²) in [6.45, 7) is 5.46. The second kappa shape index (κ2) is 8.44. The van der Waals surface area contributed by atoms with Crippen LogP contribution in [-0.4, -0.2) is 28.2 Å². The lowest BCUT2D eigenvalue weighted by Gasteiger charge is -2.19. The molecule has 0 unspecified atom stereocenters. The number of rotatable bonds is 6. The Balaban J connectivity index is 1.68. The van der Waals surface area contributed by atoms with Crippen LogP contribution in [0.3, 0.4) is 0 Å². The van der Waals surface area contributed by atoms with Gasteiger partial charge in [-0.1, -0.05) is 48.0 Å². The molecule has 5 nitrogen and oxygen atoms in total. The Morgan fingerprint density at radius 2 is 1.74 bits per heavy atom. The van der Waals surface area contributed by atoms with Crippen molar-refractivity contribution >= 4 is 34.2 Å². The molecule has 0 radical (unpaired) electrons. The first-order valence-corrected chi connectivity index (χ1v) is 10.5. The Morgan fingerprint density at radius 1 is 1.03 bits per heavy atom. The summed E-state index contributed by atoms with van der Waals surface area (Å²) in [5.41, 5.74) is 5.40. The van der Waals surface area contributed by atoms with E-state index in [9.17, 15) is 9.59 Å². The minimum Gasteiger partial charge on any atom is -0.361 e. The van der Waals surface area contributed by atoms with Gasteiger partial charge in [0, 0.05) is 45.8 Å². The van der Waals surface area contributed by atoms with Gasteiger partial charge in [-0.2, -0.15) is 0 Å². The maximum absolute atomic E-state index is 13.0. The Kier molecular flexibility index (Phi) is 5.70. The van der Waals surface area contributed by atoms with Crippen LogP contribution in [0.2, 0.25) is 5.02 Å². The number of Topliss-reactive ketones (excluding diaryl/α,β-unsaturated/α-hetero) is 1. The Morgan fingerprint density at radius 3 is 2.45 bits per heavy atom. The molecule has 31 heavy (non-hydrogen) atoms. The van der Waals surface area contributed by atoms with E-state index in [-0.39, 0.29) is 17.6 Å². The van der Waals surface area contributed by atoms with E-state index in [0.717, 1.165) is 22.0 Å². The first kappa shape index (κ1) is 20.9. The number of aromatic nitrogens is 2. The van der Waals surface area contributed by atoms with Gasteiger partial charge in [0.1, 0.15) is 5.69 Å². The molecule has 0 spiro atoms. The third-order valence-corrected chi connectivity index (χ3v) is 6.10. The second-order valence-corrected chi connectivity index (χ2v) is 8.16. The molecule has 1 amide bonds. The number of nitrogens with one attached hydrogen (secondary N) is 3. The smallest absolute Gasteiger partial charge is 0.268 e. The standard InChI is InChI=1S/C25H24ClN3O2/c1-14-23(16(3)30)15(2)29-24(14)25(31)28-13-19(17-8-4-6-10-21(17)26)20-12-27-22-11-7-5-9-18(20)22/h4-12,19,27,29H,13H2,1-3H3,(H,28,31)/t19-/m1/s1. The van der Waals surface area contributed by atoms with E-state index >= 15 is 0 Å². The van der Waals surface area contributed by atoms with E-state index in [2.05, 4.69) is 21.4 Å². The maximum Gasteiger partial charge on any atom is 0.268 e. The molecule has 158 valence electrons. The number of para-hydroxylation sites is 1. The summed E-state index contributed by atoms with van der Waals surface area (Å²) >= 11 is 6.54. The molecule has 2 aromatic heterocycles. The summed E-state index contributed by atoms with van der Waals surface area (Å²) in [7, 11) is 0. The SMILES string of the molecule is CC(=O)c1c(C)[nH]c(C(=O)NC[C@H](c2ccccc2Cl)c2c[nH]c3ccccc23)c1C. The number of carbonyl (C=O) groups is 2. The summed E-state index contributed by atoms with van der Waals surface area (Å²) in [5.74, 6) is -0.444. The molecule has 3 N–H and O–H groups in total. The van der Waals surface area contributed by atoms with Crippen LogP contribution in [0.1, 0.15) is 56.1 Å². The molecular formula is C25H24ClN3O2. The van der Waals surface area contributed by atoms with Gasteiger partial charge >= 0.3 is 0 Å². The van der Waals surface area contributed by atoms with Crippen LogP contribution >= 0.6 is 11.6 Å². The highest BCUT2D eigenvalue weighted by Crippen LogP contribution is 2.34. The summed E-state index contributed by atoms with van der Waals surface area (Å²) < 4.78 is 0. The quantitative estimate of drug-likeness (QED) is 0.349. The zero-order chi connectivity index (χ0) is 22.1. The van der Waals surface area contributed by atoms with E-state index in [4.69, 9.17) is 11.6 Å². The van der Waals surface area contributed by atoms with Crippen LogP contribution in [0.25, 0.3) is 10.9 Å². The van der Waals surface area contributed by atoms with Gasteiger partial charge in [-0.3, -0.25) is 9.59 Å². The molecule has 1 atom stereocenters. The molecule has 0 aliphatic heterocycles. The monoisotopic (exact) mass is 433 g/mol. The molecular weight excluding hydrogens is 410 g/mol. The Hall–Kier alpha value is -3.31. The fourth-order valence-corrected chi connectivity index (χ4v) is 4.58. The van der Waals surface area contributed by atoms with Gasteiger partial charge in [0.15, 0.2) is 5.78 Å². The third-order valence-electron chi connectivity index (χ3n) is 5.76. The maximum atomic E-state index is 13.0. The van der Waals surface area contributed by atoms with Crippen LogP contribution in [-0.2, 0) is 0 Å². The number of aromatic amines is 2. The van der Waals surface area contributed by atoms with Gasteiger partial charge < -0.3 is 15.3 Å². The summed E-state index contributed by atoms with van der Waals surface area (Å²) in [4.78, 5) is 31.3. The second-order valence-electron chi connectivity index (χ2n) is 7.75. The van der Waals surface area contributed by atoms with E-state index in [0.29, 0.717) is 34.1 Å². The fourth-order valence-electron chi connectivity index (χ4n) is 4.32. The molecule has 4 rings (SSSR count). The minimum atomic E-state index is -0.245. The van der Waals surface area contributed by atoms with Crippen molar-refractivity contribution in [1.82, 2.24) is 15.3 Å². The van der Waals surface area contributed by atoms with Crippen molar-refractivity contribution in [3.05, 3.63) is 93.4 Å². The van der Waals surface area contributed by atoms with Gasteiger partial charge in [0.2, 0.25) is 0 Å². The van der Waals surface area contributed by atoms with Crippen molar-refractivity contribution < 1.29 is 9.59 Å². The van der Waals surface area contributed by atoms with Gasteiger partial charge in [-0.25, -0.2) is 0 Å². The molecule has 0 aliphatic carbocycles. The molecule has 0 saturated carbocycles. The van der Waals surface area contributed by atoms with Gasteiger partial charge in [-0.15, -0.1) is 0 Å². The number of H-pyrrole nitrogens is 2. The molecule has 0 saturated heterocycles. The number of hydrogen-bond acceptors (Lipinski definition) is 2. The highest BCUT2D eigenvalue weighted by molar-refractivity contribution is 6.31. The van der Waals surface area contributed by atoms with Gasteiger partial charge in [-0.05, 0) is 49.6 Å². The van der Waals surface area contributed by atoms with Crippen LogP contribution < -0.4 is 5.32 Å². The van der Waals surface area contributed by atoms with E-state index in [1.807, 2.05) is 48.7 Å². The molecule has 6 heteroatoms. The van der Waals surface area contributed by atoms with Crippen molar-refractivity contribution in [3.8, 4) is 0 Å². The van der Waals surface area contributed by atoms with Crippen molar-refractivity contribution in [2.24, 2.45) is 0 Å². The van der Waals surface area contributed by atoms with Crippen molar-refractivity contribution in [1.29, 1.82) is 0 Å². The predicted octanol–water partition coefficient (Wildman–Crippen LogP) is 5.53. The van der Waals surface area contributed by atoms with E-state index in [1.165, 1.54) is 6.92 Å². The highest BCUT2D eigenvalue weighted by Gasteiger charge is 2.24. The molecule has 0 fully saturated rings. The lowest BCUT2D eigenvalue weighted by atomic mass is 9.90. The fraction of sp³-hybridized carbons (Fsp3) is 0.200. The third kappa shape index (κ3) is 3.89. The number of hydrogen-bond donors (Lipinski definition) is 3. The minimum absolute atomic E-state index is 0.0574. The number of amides is 1. The Labute approximate surface area is 185 Å². The lowest BCUT2D eigenvalue weighted by molar-refractivity contribution is 0.0947. The molecule has 0 aliphatic rings. The number of fused-ring (bicyclic) bond motifs is 1. The average molecular weight is 434 g/mol. The topological polar surface area (TPSA) is 77.8 Å². The predicted molar refractivity (Wildman–Crippen MR) is 124 cm³/mol. The van der Waals surface area contributed by atoms with E-state index < -0.39 is 0 Å². The van der Waals surface area contributed by atoms with Crippen LogP contribution in [0.4, 0.5) is 0 Å². The van der Waals surface area contributed by atoms with Gasteiger partial charge in [0.25, 0.3) is 5.91 Å². The summed E-state index contributed by atoms with van der Waals surface area (Å²) in [6, 6.07) is 15.7. The zero-order valence-corrected chi connectivity index (χ0v) is 18.4. The van der Waals surface area contributed by atoms with Crippen molar-refractivity contribution in [2.75, 3.05) is 6.54 Å². The average Bonchev–Trinajstić information content (AvgIpc) is 3.30. The van der Waals surface area contributed by atoms with Crippen LogP contribution in [0, 0.1) is 13.8 Å². The van der Waals surface area contributed by atoms with E-state index in [1.54, 1.807) is 13.8 Å². The number of ketones is 1. The van der Waals surface area contributed by atoms with Gasteiger partial charge in [0.05, 0.1) is 0 Å². The molecule has 0 bridgehead atoms. The van der Waals surface area contributed by atoms with Crippen LogP contribution in [0.15, 0.2) is 54.7 Å². The molecule has 4 aromatic rings. The first-order valence-electron chi connectivity index (χ1n) is 10.2. The largest absolute Gasteiger partial charge is 0.361 e. The highest BCUT2D eigenvalue weighted by atomic mass is 35.5. The molecule has 2 aromatic carbocycles.